The average molecular weight is 466 g/mol. The Morgan fingerprint density at radius 1 is 0.625 bits per heavy atom. The van der Waals surface area contributed by atoms with Crippen LogP contribution in [0.15, 0.2) is 54.6 Å². The minimum absolute atomic E-state index is 0.112. The van der Waals surface area contributed by atoms with Crippen molar-refractivity contribution in [3.05, 3.63) is 81.3 Å². The largest absolute Gasteiger partial charge is 0.507 e. The lowest BCUT2D eigenvalue weighted by Crippen LogP contribution is -2.01. The predicted octanol–water partition coefficient (Wildman–Crippen LogP) is 7.84. The van der Waals surface area contributed by atoms with Crippen molar-refractivity contribution in [2.24, 2.45) is 0 Å². The minimum Gasteiger partial charge on any atom is -0.507 e. The molecule has 1 aromatic heterocycles. The lowest BCUT2D eigenvalue weighted by Gasteiger charge is -2.12. The molecule has 32 heavy (non-hydrogen) atoms. The van der Waals surface area contributed by atoms with E-state index < -0.39 is 0 Å². The first-order valence-corrected chi connectivity index (χ1v) is 11.2. The quantitative estimate of drug-likeness (QED) is 0.334. The molecule has 4 rings (SSSR count). The fourth-order valence-corrected chi connectivity index (χ4v) is 3.79. The third kappa shape index (κ3) is 5.09. The van der Waals surface area contributed by atoms with Crippen molar-refractivity contribution in [2.45, 2.75) is 34.6 Å². The molecule has 0 fully saturated rings. The van der Waals surface area contributed by atoms with Crippen LogP contribution in [-0.2, 0) is 0 Å². The van der Waals surface area contributed by atoms with Crippen molar-refractivity contribution in [1.29, 1.82) is 0 Å². The van der Waals surface area contributed by atoms with Crippen LogP contribution in [0.25, 0.3) is 34.2 Å². The summed E-state index contributed by atoms with van der Waals surface area (Å²) in [6.07, 6.45) is 0. The van der Waals surface area contributed by atoms with E-state index in [0.717, 1.165) is 22.3 Å². The van der Waals surface area contributed by atoms with Gasteiger partial charge in [0.25, 0.3) is 0 Å². The van der Waals surface area contributed by atoms with Gasteiger partial charge in [-0.1, -0.05) is 49.2 Å². The van der Waals surface area contributed by atoms with E-state index in [1.54, 1.807) is 18.2 Å². The van der Waals surface area contributed by atoms with Gasteiger partial charge in [-0.05, 0) is 79.9 Å². The molecule has 6 heteroatoms. The number of aryl methyl sites for hydroxylation is 3. The maximum absolute atomic E-state index is 10.5. The van der Waals surface area contributed by atoms with Crippen LogP contribution in [0.3, 0.4) is 0 Å². The lowest BCUT2D eigenvalue weighted by molar-refractivity contribution is 0.476. The Balaban J connectivity index is 0.00000141. The van der Waals surface area contributed by atoms with Crippen molar-refractivity contribution >= 4 is 23.2 Å². The number of halogens is 2. The van der Waals surface area contributed by atoms with Crippen LogP contribution in [0.4, 0.5) is 0 Å². The number of hydrogen-bond donors (Lipinski definition) is 1. The van der Waals surface area contributed by atoms with Crippen LogP contribution in [-0.4, -0.2) is 20.1 Å². The molecule has 0 aliphatic rings. The Hall–Kier alpha value is -2.95. The van der Waals surface area contributed by atoms with E-state index in [9.17, 15) is 5.11 Å². The van der Waals surface area contributed by atoms with Gasteiger partial charge in [0.15, 0.2) is 17.5 Å². The molecular formula is C26H25Cl2N3O. The van der Waals surface area contributed by atoms with Crippen LogP contribution in [0.1, 0.15) is 30.5 Å². The fraction of sp³-hybridized carbons (Fsp3) is 0.192. The number of rotatable bonds is 3. The van der Waals surface area contributed by atoms with Gasteiger partial charge in [0.05, 0.1) is 10.6 Å². The van der Waals surface area contributed by atoms with Gasteiger partial charge < -0.3 is 5.11 Å². The summed E-state index contributed by atoms with van der Waals surface area (Å²) in [7, 11) is 0. The molecule has 4 aromatic rings. The van der Waals surface area contributed by atoms with Crippen molar-refractivity contribution in [3.8, 4) is 39.9 Å². The van der Waals surface area contributed by atoms with Gasteiger partial charge in [-0.15, -0.1) is 0 Å². The standard InChI is InChI=1S/C24H19Cl2N3O.C2H6/c1-13-4-7-18(20(26)10-13)23-27-22(17-9-6-16(25)12-15(17)3)28-24(29-23)19-8-5-14(2)11-21(19)30;1-2/h4-12,30H,1-3H3;1-2H3. The molecule has 4 nitrogen and oxygen atoms in total. The highest BCUT2D eigenvalue weighted by atomic mass is 35.5. The van der Waals surface area contributed by atoms with E-state index in [0.29, 0.717) is 38.6 Å². The average Bonchev–Trinajstić information content (AvgIpc) is 2.75. The molecule has 0 saturated carbocycles. The molecule has 3 aromatic carbocycles. The number of phenols is 1. The van der Waals surface area contributed by atoms with Gasteiger partial charge in [-0.3, -0.25) is 0 Å². The molecule has 0 bridgehead atoms. The van der Waals surface area contributed by atoms with Crippen LogP contribution in [0, 0.1) is 20.8 Å². The van der Waals surface area contributed by atoms with Gasteiger partial charge in [0.2, 0.25) is 0 Å². The first-order valence-electron chi connectivity index (χ1n) is 10.4. The summed E-state index contributed by atoms with van der Waals surface area (Å²) < 4.78 is 0. The van der Waals surface area contributed by atoms with E-state index in [2.05, 4.69) is 9.97 Å². The summed E-state index contributed by atoms with van der Waals surface area (Å²) >= 11 is 12.6. The summed E-state index contributed by atoms with van der Waals surface area (Å²) in [6, 6.07) is 16.7. The molecule has 0 amide bonds. The second kappa shape index (κ2) is 10.1. The minimum atomic E-state index is 0.112. The van der Waals surface area contributed by atoms with E-state index >= 15 is 0 Å². The third-order valence-corrected chi connectivity index (χ3v) is 5.37. The first-order chi connectivity index (χ1) is 15.3. The molecule has 0 saturated heterocycles. The zero-order chi connectivity index (χ0) is 23.4. The number of phenolic OH excluding ortho intramolecular Hbond substituents is 1. The maximum atomic E-state index is 10.5. The molecule has 0 spiro atoms. The van der Waals surface area contributed by atoms with Gasteiger partial charge in [-0.25, -0.2) is 15.0 Å². The number of benzene rings is 3. The SMILES string of the molecule is CC.Cc1ccc(-c2nc(-c3ccc(Cl)cc3C)nc(-c3ccc(C)cc3Cl)n2)c(O)c1. The first kappa shape index (κ1) is 23.7. The molecule has 0 atom stereocenters. The van der Waals surface area contributed by atoms with E-state index in [4.69, 9.17) is 28.2 Å². The number of hydrogen-bond acceptors (Lipinski definition) is 4. The fourth-order valence-electron chi connectivity index (χ4n) is 3.25. The molecular weight excluding hydrogens is 441 g/mol. The Kier molecular flexibility index (Phi) is 7.49. The lowest BCUT2D eigenvalue weighted by atomic mass is 10.1. The molecule has 0 radical (unpaired) electrons. The monoisotopic (exact) mass is 465 g/mol. The van der Waals surface area contributed by atoms with E-state index in [1.165, 1.54) is 0 Å². The highest BCUT2D eigenvalue weighted by Crippen LogP contribution is 2.33. The zero-order valence-electron chi connectivity index (χ0n) is 18.7. The van der Waals surface area contributed by atoms with E-state index in [-0.39, 0.29) is 5.75 Å². The number of nitrogens with zero attached hydrogens (tertiary/aromatic N) is 3. The summed E-state index contributed by atoms with van der Waals surface area (Å²) in [5.41, 5.74) is 4.99. The summed E-state index contributed by atoms with van der Waals surface area (Å²) in [6.45, 7) is 9.84. The zero-order valence-corrected chi connectivity index (χ0v) is 20.3. The second-order valence-corrected chi connectivity index (χ2v) is 8.11. The summed E-state index contributed by atoms with van der Waals surface area (Å²) in [4.78, 5) is 14.0. The maximum Gasteiger partial charge on any atom is 0.167 e. The van der Waals surface area contributed by atoms with Crippen molar-refractivity contribution in [1.82, 2.24) is 15.0 Å². The molecule has 1 heterocycles. The smallest absolute Gasteiger partial charge is 0.167 e. The molecule has 0 aliphatic carbocycles. The van der Waals surface area contributed by atoms with Crippen LogP contribution >= 0.6 is 23.2 Å². The van der Waals surface area contributed by atoms with Crippen molar-refractivity contribution < 1.29 is 5.11 Å². The Bertz CT molecular complexity index is 1100. The number of aromatic hydroxyl groups is 1. The van der Waals surface area contributed by atoms with Gasteiger partial charge in [0, 0.05) is 16.1 Å². The van der Waals surface area contributed by atoms with Crippen LogP contribution in [0.5, 0.6) is 5.75 Å². The summed E-state index contributed by atoms with van der Waals surface area (Å²) in [5.74, 6) is 1.41. The highest BCUT2D eigenvalue weighted by molar-refractivity contribution is 6.33. The van der Waals surface area contributed by atoms with Gasteiger partial charge in [0.1, 0.15) is 5.75 Å². The molecule has 0 unspecified atom stereocenters. The third-order valence-electron chi connectivity index (χ3n) is 4.82. The molecule has 1 N–H and O–H groups in total. The van der Waals surface area contributed by atoms with Gasteiger partial charge in [-0.2, -0.15) is 0 Å². The number of aromatic nitrogens is 3. The normalized spacial score (nSPS) is 10.5. The molecule has 164 valence electrons. The van der Waals surface area contributed by atoms with E-state index in [1.807, 2.05) is 71.0 Å². The van der Waals surface area contributed by atoms with Gasteiger partial charge >= 0.3 is 0 Å². The van der Waals surface area contributed by atoms with Crippen LogP contribution < -0.4 is 0 Å². The summed E-state index contributed by atoms with van der Waals surface area (Å²) in [5, 5.41) is 11.7. The topological polar surface area (TPSA) is 58.9 Å². The van der Waals surface area contributed by atoms with Crippen molar-refractivity contribution in [2.75, 3.05) is 0 Å². The highest BCUT2D eigenvalue weighted by Gasteiger charge is 2.17. The Morgan fingerprint density at radius 3 is 1.69 bits per heavy atom. The second-order valence-electron chi connectivity index (χ2n) is 7.27. The predicted molar refractivity (Wildman–Crippen MR) is 133 cm³/mol. The Morgan fingerprint density at radius 2 is 1.12 bits per heavy atom. The van der Waals surface area contributed by atoms with Crippen LogP contribution in [0.2, 0.25) is 10.0 Å². The molecule has 0 aliphatic heterocycles. The van der Waals surface area contributed by atoms with Crippen molar-refractivity contribution in [3.63, 3.8) is 0 Å². The Labute approximate surface area is 198 Å².